The first-order valence-electron chi connectivity index (χ1n) is 8.39. The van der Waals surface area contributed by atoms with Crippen LogP contribution in [0.25, 0.3) is 0 Å². The molecule has 1 aliphatic rings. The lowest BCUT2D eigenvalue weighted by Gasteiger charge is -2.12. The molecule has 1 fully saturated rings. The topological polar surface area (TPSA) is 99.3 Å². The normalized spacial score (nSPS) is 14.0. The Labute approximate surface area is 145 Å². The highest BCUT2D eigenvalue weighted by molar-refractivity contribution is 5.94. The number of halogens is 1. The van der Waals surface area contributed by atoms with Crippen LogP contribution in [0.1, 0.15) is 32.1 Å². The van der Waals surface area contributed by atoms with Crippen LogP contribution in [0.2, 0.25) is 0 Å². The van der Waals surface area contributed by atoms with Gasteiger partial charge >= 0.3 is 6.03 Å². The Morgan fingerprint density at radius 2 is 1.68 bits per heavy atom. The SMILES string of the molecule is O=C(CNC(=O)NCCC(=O)NC1CCCC1)Nc1ccc(F)cc1. The van der Waals surface area contributed by atoms with Gasteiger partial charge in [-0.15, -0.1) is 0 Å². The van der Waals surface area contributed by atoms with Gasteiger partial charge < -0.3 is 21.3 Å². The molecule has 0 radical (unpaired) electrons. The maximum absolute atomic E-state index is 12.8. The summed E-state index contributed by atoms with van der Waals surface area (Å²) in [6.45, 7) is -0.0263. The molecule has 1 aliphatic carbocycles. The Morgan fingerprint density at radius 3 is 2.36 bits per heavy atom. The van der Waals surface area contributed by atoms with Crippen LogP contribution in [0.3, 0.4) is 0 Å². The number of amides is 4. The van der Waals surface area contributed by atoms with Gasteiger partial charge in [-0.05, 0) is 37.1 Å². The molecule has 136 valence electrons. The molecule has 0 unspecified atom stereocenters. The first kappa shape index (κ1) is 18.7. The van der Waals surface area contributed by atoms with Crippen molar-refractivity contribution in [2.24, 2.45) is 0 Å². The lowest BCUT2D eigenvalue weighted by atomic mass is 10.2. The summed E-state index contributed by atoms with van der Waals surface area (Å²) in [5, 5.41) is 10.4. The maximum atomic E-state index is 12.8. The summed E-state index contributed by atoms with van der Waals surface area (Å²) < 4.78 is 12.8. The van der Waals surface area contributed by atoms with E-state index in [-0.39, 0.29) is 31.5 Å². The monoisotopic (exact) mass is 350 g/mol. The predicted octanol–water partition coefficient (Wildman–Crippen LogP) is 1.51. The molecule has 2 rings (SSSR count). The number of carbonyl (C=O) groups is 3. The molecule has 7 nitrogen and oxygen atoms in total. The van der Waals surface area contributed by atoms with Gasteiger partial charge in [0.05, 0.1) is 6.54 Å². The van der Waals surface area contributed by atoms with Crippen molar-refractivity contribution in [3.63, 3.8) is 0 Å². The number of hydrogen-bond donors (Lipinski definition) is 4. The molecule has 0 atom stereocenters. The second kappa shape index (κ2) is 9.61. The van der Waals surface area contributed by atoms with Crippen molar-refractivity contribution < 1.29 is 18.8 Å². The molecule has 4 amide bonds. The number of hydrogen-bond acceptors (Lipinski definition) is 3. The minimum absolute atomic E-state index is 0.0822. The highest BCUT2D eigenvalue weighted by atomic mass is 19.1. The first-order valence-corrected chi connectivity index (χ1v) is 8.39. The molecule has 1 aromatic carbocycles. The summed E-state index contributed by atoms with van der Waals surface area (Å²) in [6, 6.07) is 5.05. The number of nitrogens with one attached hydrogen (secondary N) is 4. The standard InChI is InChI=1S/C17H23FN4O3/c18-12-5-7-14(8-6-12)22-16(24)11-20-17(25)19-10-9-15(23)21-13-3-1-2-4-13/h5-8,13H,1-4,9-11H2,(H,21,23)(H,22,24)(H2,19,20,25). The lowest BCUT2D eigenvalue weighted by molar-refractivity contribution is -0.121. The van der Waals surface area contributed by atoms with E-state index in [1.54, 1.807) is 0 Å². The summed E-state index contributed by atoms with van der Waals surface area (Å²) >= 11 is 0. The maximum Gasteiger partial charge on any atom is 0.315 e. The third kappa shape index (κ3) is 7.19. The van der Waals surface area contributed by atoms with Gasteiger partial charge in [0.15, 0.2) is 0 Å². The van der Waals surface area contributed by atoms with Crippen molar-refractivity contribution >= 4 is 23.5 Å². The van der Waals surface area contributed by atoms with Gasteiger partial charge in [-0.25, -0.2) is 9.18 Å². The van der Waals surface area contributed by atoms with Crippen molar-refractivity contribution in [1.29, 1.82) is 0 Å². The highest BCUT2D eigenvalue weighted by Crippen LogP contribution is 2.17. The Hall–Kier alpha value is -2.64. The van der Waals surface area contributed by atoms with Crippen LogP contribution in [-0.4, -0.2) is 37.0 Å². The van der Waals surface area contributed by atoms with E-state index in [4.69, 9.17) is 0 Å². The van der Waals surface area contributed by atoms with Gasteiger partial charge in [-0.1, -0.05) is 12.8 Å². The Balaban J connectivity index is 1.56. The summed E-state index contributed by atoms with van der Waals surface area (Å²) in [5.74, 6) is -0.908. The number of rotatable bonds is 7. The molecule has 0 aromatic heterocycles. The molecule has 0 heterocycles. The van der Waals surface area contributed by atoms with Crippen LogP contribution in [0.15, 0.2) is 24.3 Å². The number of benzene rings is 1. The van der Waals surface area contributed by atoms with E-state index in [9.17, 15) is 18.8 Å². The molecule has 0 bridgehead atoms. The Morgan fingerprint density at radius 1 is 1.00 bits per heavy atom. The van der Waals surface area contributed by atoms with E-state index in [1.165, 1.54) is 24.3 Å². The van der Waals surface area contributed by atoms with Crippen molar-refractivity contribution in [2.45, 2.75) is 38.1 Å². The number of urea groups is 1. The fourth-order valence-corrected chi connectivity index (χ4v) is 2.62. The second-order valence-corrected chi connectivity index (χ2v) is 5.96. The molecule has 1 saturated carbocycles. The molecule has 0 saturated heterocycles. The lowest BCUT2D eigenvalue weighted by Crippen LogP contribution is -2.42. The molecular weight excluding hydrogens is 327 g/mol. The van der Waals surface area contributed by atoms with E-state index in [0.29, 0.717) is 5.69 Å². The van der Waals surface area contributed by atoms with Gasteiger partial charge in [0, 0.05) is 24.7 Å². The highest BCUT2D eigenvalue weighted by Gasteiger charge is 2.16. The predicted molar refractivity (Wildman–Crippen MR) is 91.4 cm³/mol. The molecule has 1 aromatic rings. The van der Waals surface area contributed by atoms with Gasteiger partial charge in [0.2, 0.25) is 11.8 Å². The average molecular weight is 350 g/mol. The second-order valence-electron chi connectivity index (χ2n) is 5.96. The summed E-state index contributed by atoms with van der Waals surface area (Å²) in [7, 11) is 0. The molecule has 0 spiro atoms. The van der Waals surface area contributed by atoms with Crippen LogP contribution in [0, 0.1) is 5.82 Å². The van der Waals surface area contributed by atoms with Crippen LogP contribution in [0.5, 0.6) is 0 Å². The molecule has 4 N–H and O–H groups in total. The average Bonchev–Trinajstić information content (AvgIpc) is 3.08. The summed E-state index contributed by atoms with van der Waals surface area (Å²) in [4.78, 5) is 35.0. The molecular formula is C17H23FN4O3. The van der Waals surface area contributed by atoms with Crippen molar-refractivity contribution in [3.05, 3.63) is 30.1 Å². The zero-order chi connectivity index (χ0) is 18.1. The molecule has 8 heteroatoms. The number of carbonyl (C=O) groups excluding carboxylic acids is 3. The minimum atomic E-state index is -0.525. The zero-order valence-electron chi connectivity index (χ0n) is 13.9. The Bertz CT molecular complexity index is 600. The van der Waals surface area contributed by atoms with Crippen LogP contribution in [-0.2, 0) is 9.59 Å². The van der Waals surface area contributed by atoms with E-state index >= 15 is 0 Å². The zero-order valence-corrected chi connectivity index (χ0v) is 13.9. The quantitative estimate of drug-likeness (QED) is 0.600. The van der Waals surface area contributed by atoms with Crippen molar-refractivity contribution in [2.75, 3.05) is 18.4 Å². The number of anilines is 1. The van der Waals surface area contributed by atoms with Crippen LogP contribution >= 0.6 is 0 Å². The fourth-order valence-electron chi connectivity index (χ4n) is 2.62. The van der Waals surface area contributed by atoms with Gasteiger partial charge in [-0.2, -0.15) is 0 Å². The van der Waals surface area contributed by atoms with Gasteiger partial charge in [0.1, 0.15) is 5.82 Å². The van der Waals surface area contributed by atoms with E-state index in [0.717, 1.165) is 25.7 Å². The third-order valence-corrected chi connectivity index (χ3v) is 3.90. The van der Waals surface area contributed by atoms with Crippen LogP contribution in [0.4, 0.5) is 14.9 Å². The van der Waals surface area contributed by atoms with Gasteiger partial charge in [0.25, 0.3) is 0 Å². The van der Waals surface area contributed by atoms with Crippen molar-refractivity contribution in [3.8, 4) is 0 Å². The first-order chi connectivity index (χ1) is 12.0. The van der Waals surface area contributed by atoms with Crippen LogP contribution < -0.4 is 21.3 Å². The van der Waals surface area contributed by atoms with E-state index in [1.807, 2.05) is 0 Å². The summed E-state index contributed by atoms with van der Waals surface area (Å²) in [6.07, 6.45) is 4.52. The minimum Gasteiger partial charge on any atom is -0.353 e. The fraction of sp³-hybridized carbons (Fsp3) is 0.471. The largest absolute Gasteiger partial charge is 0.353 e. The Kier molecular flexibility index (Phi) is 7.18. The van der Waals surface area contributed by atoms with E-state index in [2.05, 4.69) is 21.3 Å². The molecule has 0 aliphatic heterocycles. The van der Waals surface area contributed by atoms with Crippen molar-refractivity contribution in [1.82, 2.24) is 16.0 Å². The van der Waals surface area contributed by atoms with Gasteiger partial charge in [-0.3, -0.25) is 9.59 Å². The smallest absolute Gasteiger partial charge is 0.315 e. The molecule has 25 heavy (non-hydrogen) atoms. The summed E-state index contributed by atoms with van der Waals surface area (Å²) in [5.41, 5.74) is 0.442. The van der Waals surface area contributed by atoms with E-state index < -0.39 is 17.8 Å². The third-order valence-electron chi connectivity index (χ3n) is 3.90.